The molecular weight excluding hydrogens is 294 g/mol. The van der Waals surface area contributed by atoms with Gasteiger partial charge in [0.05, 0.1) is 0 Å². The normalized spacial score (nSPS) is 11.0. The van der Waals surface area contributed by atoms with Gasteiger partial charge in [-0.25, -0.2) is 0 Å². The molecule has 4 heteroatoms. The first-order valence-corrected chi connectivity index (χ1v) is 6.96. The summed E-state index contributed by atoms with van der Waals surface area (Å²) >= 11 is 0. The second-order valence-electron chi connectivity index (χ2n) is 4.76. The molecule has 0 unspecified atom stereocenters. The molecule has 2 rings (SSSR count). The maximum atomic E-state index is 9.41. The molecule has 22 heavy (non-hydrogen) atoms. The van der Waals surface area contributed by atoms with Crippen LogP contribution in [-0.4, -0.2) is 10.2 Å². The van der Waals surface area contributed by atoms with Crippen molar-refractivity contribution in [3.8, 4) is 11.5 Å². The molecule has 0 aromatic heterocycles. The first-order chi connectivity index (χ1) is 9.65. The zero-order valence-corrected chi connectivity index (χ0v) is 17.9. The molecule has 2 aromatic carbocycles. The molecule has 0 radical (unpaired) electrons. The number of rotatable bonds is 4. The third-order valence-electron chi connectivity index (χ3n) is 3.50. The smallest absolute Gasteiger partial charge is 1.00 e. The average molecular weight is 316 g/mol. The number of phenolic OH excluding ortho intramolecular Hbond substituents is 2. The summed E-state index contributed by atoms with van der Waals surface area (Å²) in [6, 6.07) is 14.7. The van der Waals surface area contributed by atoms with E-state index in [4.69, 9.17) is 0 Å². The molecule has 2 N–H and O–H groups in total. The molecule has 0 aliphatic rings. The zero-order chi connectivity index (χ0) is 14.5. The van der Waals surface area contributed by atoms with Gasteiger partial charge in [-0.1, -0.05) is 38.1 Å². The molecule has 0 aliphatic carbocycles. The van der Waals surface area contributed by atoms with Crippen molar-refractivity contribution in [3.63, 3.8) is 0 Å². The van der Waals surface area contributed by atoms with E-state index >= 15 is 0 Å². The topological polar surface area (TPSA) is 40.5 Å². The molecule has 0 saturated heterocycles. The number of phenols is 2. The molecule has 2 nitrogen and oxygen atoms in total. The van der Waals surface area contributed by atoms with E-state index in [1.807, 2.05) is 24.3 Å². The average Bonchev–Trinajstić information content (AvgIpc) is 2.47. The summed E-state index contributed by atoms with van der Waals surface area (Å²) in [4.78, 5) is 0. The van der Waals surface area contributed by atoms with Gasteiger partial charge in [-0.3, -0.25) is 0 Å². The van der Waals surface area contributed by atoms with E-state index in [0.717, 1.165) is 24.0 Å². The third-order valence-corrected chi connectivity index (χ3v) is 3.50. The van der Waals surface area contributed by atoms with Crippen molar-refractivity contribution < 1.29 is 72.2 Å². The minimum atomic E-state index is 0. The molecule has 0 aliphatic heterocycles. The van der Waals surface area contributed by atoms with Gasteiger partial charge in [0.2, 0.25) is 0 Å². The van der Waals surface area contributed by atoms with Crippen LogP contribution in [0, 0.1) is 0 Å². The fraction of sp³-hybridized carbons (Fsp3) is 0.222. The summed E-state index contributed by atoms with van der Waals surface area (Å²) in [6.07, 6.45) is 1.85. The Hall–Kier alpha value is -0.220. The fourth-order valence-corrected chi connectivity index (χ4v) is 2.51. The molecule has 0 fully saturated rings. The van der Waals surface area contributed by atoms with Crippen molar-refractivity contribution in [1.82, 2.24) is 0 Å². The Balaban J connectivity index is -0.00000110. The molecular formula is C18H22Na2O2. The van der Waals surface area contributed by atoms with Gasteiger partial charge >= 0.3 is 59.1 Å². The monoisotopic (exact) mass is 316 g/mol. The van der Waals surface area contributed by atoms with Crippen LogP contribution in [0.3, 0.4) is 0 Å². The van der Waals surface area contributed by atoms with Gasteiger partial charge in [0.1, 0.15) is 11.5 Å². The van der Waals surface area contributed by atoms with Gasteiger partial charge in [0, 0.05) is 0 Å². The Morgan fingerprint density at radius 2 is 0.955 bits per heavy atom. The predicted molar refractivity (Wildman–Crippen MR) is 85.8 cm³/mol. The van der Waals surface area contributed by atoms with Crippen molar-refractivity contribution in [2.75, 3.05) is 0 Å². The number of hydrogen-bond acceptors (Lipinski definition) is 2. The van der Waals surface area contributed by atoms with E-state index in [9.17, 15) is 10.2 Å². The minimum absolute atomic E-state index is 0. The molecule has 0 heterocycles. The molecule has 0 bridgehead atoms. The minimum Gasteiger partial charge on any atom is -1.00 e. The first kappa shape index (κ1) is 21.8. The predicted octanol–water partition coefficient (Wildman–Crippen LogP) is -0.938. The molecule has 2 aromatic rings. The Bertz CT molecular complexity index is 556. The maximum Gasteiger partial charge on any atom is 1.00 e. The maximum absolute atomic E-state index is 9.41. The fourth-order valence-electron chi connectivity index (χ4n) is 2.51. The zero-order valence-electron chi connectivity index (χ0n) is 15.9. The molecule has 0 saturated carbocycles. The van der Waals surface area contributed by atoms with Crippen LogP contribution in [0.5, 0.6) is 11.5 Å². The number of benzene rings is 2. The summed E-state index contributed by atoms with van der Waals surface area (Å²) in [5.41, 5.74) is 4.82. The summed E-state index contributed by atoms with van der Waals surface area (Å²) in [7, 11) is 0. The van der Waals surface area contributed by atoms with Crippen LogP contribution in [0.2, 0.25) is 0 Å². The Morgan fingerprint density at radius 3 is 1.18 bits per heavy atom. The van der Waals surface area contributed by atoms with Gasteiger partial charge in [-0.05, 0) is 59.4 Å². The van der Waals surface area contributed by atoms with Crippen LogP contribution in [0.15, 0.2) is 48.5 Å². The summed E-state index contributed by atoms with van der Waals surface area (Å²) in [5.74, 6) is 0.568. The van der Waals surface area contributed by atoms with Gasteiger partial charge in [0.25, 0.3) is 0 Å². The van der Waals surface area contributed by atoms with Crippen LogP contribution in [-0.2, 0) is 0 Å². The number of allylic oxidation sites excluding steroid dienone is 2. The van der Waals surface area contributed by atoms with Crippen LogP contribution >= 0.6 is 0 Å². The van der Waals surface area contributed by atoms with E-state index in [1.54, 1.807) is 24.3 Å². The molecule has 0 atom stereocenters. The van der Waals surface area contributed by atoms with Crippen LogP contribution in [0.25, 0.3) is 11.1 Å². The summed E-state index contributed by atoms with van der Waals surface area (Å²) < 4.78 is 0. The second kappa shape index (κ2) is 10.5. The van der Waals surface area contributed by atoms with Crippen molar-refractivity contribution in [3.05, 3.63) is 59.7 Å². The first-order valence-electron chi connectivity index (χ1n) is 6.96. The molecule has 0 spiro atoms. The third kappa shape index (κ3) is 5.45. The van der Waals surface area contributed by atoms with Gasteiger partial charge in [0.15, 0.2) is 0 Å². The van der Waals surface area contributed by atoms with Gasteiger partial charge < -0.3 is 13.1 Å². The van der Waals surface area contributed by atoms with E-state index in [-0.39, 0.29) is 73.5 Å². The Labute approximate surface area is 179 Å². The van der Waals surface area contributed by atoms with Crippen molar-refractivity contribution in [2.24, 2.45) is 0 Å². The van der Waals surface area contributed by atoms with E-state index < -0.39 is 0 Å². The standard InChI is InChI=1S/C18H20O2.2Na.2H/c1-3-17(13-5-9-15(19)10-6-13)18(4-2)14-7-11-16(20)12-8-14;;;;/h5-12,19-20H,3-4H2,1-2H3;;;;/q;2*+1;2*-1. The summed E-state index contributed by atoms with van der Waals surface area (Å²) in [6.45, 7) is 4.27. The van der Waals surface area contributed by atoms with E-state index in [1.165, 1.54) is 11.1 Å². The van der Waals surface area contributed by atoms with Crippen LogP contribution in [0.1, 0.15) is 40.7 Å². The Morgan fingerprint density at radius 1 is 0.682 bits per heavy atom. The van der Waals surface area contributed by atoms with Gasteiger partial charge in [-0.15, -0.1) is 0 Å². The molecule has 108 valence electrons. The van der Waals surface area contributed by atoms with E-state index in [2.05, 4.69) is 13.8 Å². The van der Waals surface area contributed by atoms with Crippen LogP contribution in [0.4, 0.5) is 0 Å². The van der Waals surface area contributed by atoms with Crippen molar-refractivity contribution in [2.45, 2.75) is 26.7 Å². The Kier molecular flexibility index (Phi) is 10.4. The molecule has 0 amide bonds. The quantitative estimate of drug-likeness (QED) is 0.565. The summed E-state index contributed by atoms with van der Waals surface area (Å²) in [5, 5.41) is 18.8. The second-order valence-corrected chi connectivity index (χ2v) is 4.76. The largest absolute Gasteiger partial charge is 1.00 e. The van der Waals surface area contributed by atoms with Crippen molar-refractivity contribution >= 4 is 11.1 Å². The van der Waals surface area contributed by atoms with Crippen molar-refractivity contribution in [1.29, 1.82) is 0 Å². The number of aromatic hydroxyl groups is 2. The SMILES string of the molecule is CCC(=C(CC)c1ccc(O)cc1)c1ccc(O)cc1.[H-].[H-].[Na+].[Na+]. The van der Waals surface area contributed by atoms with Crippen LogP contribution < -0.4 is 59.1 Å². The number of hydrogen-bond donors (Lipinski definition) is 2. The van der Waals surface area contributed by atoms with E-state index in [0.29, 0.717) is 0 Å². The van der Waals surface area contributed by atoms with Gasteiger partial charge in [-0.2, -0.15) is 0 Å².